The van der Waals surface area contributed by atoms with Crippen LogP contribution in [0.3, 0.4) is 0 Å². The van der Waals surface area contributed by atoms with E-state index < -0.39 is 29.0 Å². The van der Waals surface area contributed by atoms with Gasteiger partial charge in [0.15, 0.2) is 0 Å². The number of urea groups is 1. The van der Waals surface area contributed by atoms with Gasteiger partial charge in [-0.1, -0.05) is 6.92 Å². The molecule has 0 aliphatic heterocycles. The SMILES string of the molecule is CCC(C)(CNC(=O)Nc1cc(F)cc(F)c1)C(=O)O. The fourth-order valence-electron chi connectivity index (χ4n) is 1.43. The molecule has 7 heteroatoms. The van der Waals surface area contributed by atoms with E-state index in [-0.39, 0.29) is 12.2 Å². The molecular formula is C13H16F2N2O3. The molecule has 20 heavy (non-hydrogen) atoms. The fraction of sp³-hybridized carbons (Fsp3) is 0.385. The summed E-state index contributed by atoms with van der Waals surface area (Å²) >= 11 is 0. The van der Waals surface area contributed by atoms with Crippen LogP contribution < -0.4 is 10.6 Å². The molecule has 0 bridgehead atoms. The van der Waals surface area contributed by atoms with Crippen molar-refractivity contribution in [2.24, 2.45) is 5.41 Å². The number of halogens is 2. The number of hydrogen-bond acceptors (Lipinski definition) is 2. The predicted octanol–water partition coefficient (Wildman–Crippen LogP) is 2.59. The van der Waals surface area contributed by atoms with Crippen molar-refractivity contribution in [2.45, 2.75) is 20.3 Å². The highest BCUT2D eigenvalue weighted by molar-refractivity contribution is 5.89. The van der Waals surface area contributed by atoms with E-state index in [4.69, 9.17) is 5.11 Å². The quantitative estimate of drug-likeness (QED) is 0.778. The van der Waals surface area contributed by atoms with Crippen LogP contribution in [0.5, 0.6) is 0 Å². The number of nitrogens with one attached hydrogen (secondary N) is 2. The summed E-state index contributed by atoms with van der Waals surface area (Å²) in [6.07, 6.45) is 0.331. The molecule has 0 saturated carbocycles. The first-order valence-corrected chi connectivity index (χ1v) is 6.01. The van der Waals surface area contributed by atoms with Crippen molar-refractivity contribution < 1.29 is 23.5 Å². The lowest BCUT2D eigenvalue weighted by atomic mass is 9.88. The summed E-state index contributed by atoms with van der Waals surface area (Å²) in [4.78, 5) is 22.6. The number of carbonyl (C=O) groups is 2. The number of anilines is 1. The maximum atomic E-state index is 12.9. The third-order valence-corrected chi connectivity index (χ3v) is 3.06. The standard InChI is InChI=1S/C13H16F2N2O3/c1-3-13(2,11(18)19)7-16-12(20)17-10-5-8(14)4-9(15)6-10/h4-6H,3,7H2,1-2H3,(H,18,19)(H2,16,17,20). The van der Waals surface area contributed by atoms with E-state index in [0.717, 1.165) is 12.1 Å². The Balaban J connectivity index is 2.62. The van der Waals surface area contributed by atoms with Gasteiger partial charge >= 0.3 is 12.0 Å². The number of carboxylic acid groups (broad SMARTS) is 1. The predicted molar refractivity (Wildman–Crippen MR) is 69.4 cm³/mol. The Morgan fingerprint density at radius 3 is 2.25 bits per heavy atom. The van der Waals surface area contributed by atoms with Crippen molar-refractivity contribution in [3.8, 4) is 0 Å². The molecule has 3 N–H and O–H groups in total. The van der Waals surface area contributed by atoms with Crippen molar-refractivity contribution in [2.75, 3.05) is 11.9 Å². The highest BCUT2D eigenvalue weighted by Crippen LogP contribution is 2.20. The van der Waals surface area contributed by atoms with Crippen LogP contribution in [-0.2, 0) is 4.79 Å². The van der Waals surface area contributed by atoms with Crippen molar-refractivity contribution in [1.82, 2.24) is 5.32 Å². The Morgan fingerprint density at radius 2 is 1.80 bits per heavy atom. The van der Waals surface area contributed by atoms with Gasteiger partial charge in [0.25, 0.3) is 0 Å². The summed E-state index contributed by atoms with van der Waals surface area (Å²) in [5.74, 6) is -2.66. The van der Waals surface area contributed by atoms with Crippen LogP contribution in [0.1, 0.15) is 20.3 Å². The second kappa shape index (κ2) is 6.31. The molecule has 1 atom stereocenters. The highest BCUT2D eigenvalue weighted by Gasteiger charge is 2.31. The van der Waals surface area contributed by atoms with E-state index in [0.29, 0.717) is 12.5 Å². The first kappa shape index (κ1) is 15.9. The number of amides is 2. The molecule has 0 saturated heterocycles. The molecule has 5 nitrogen and oxygen atoms in total. The minimum Gasteiger partial charge on any atom is -0.481 e. The fourth-order valence-corrected chi connectivity index (χ4v) is 1.43. The average molecular weight is 286 g/mol. The van der Waals surface area contributed by atoms with Gasteiger partial charge in [-0.25, -0.2) is 13.6 Å². The second-order valence-electron chi connectivity index (χ2n) is 4.69. The Labute approximate surface area is 115 Å². The van der Waals surface area contributed by atoms with E-state index in [1.807, 2.05) is 0 Å². The van der Waals surface area contributed by atoms with Gasteiger partial charge in [0.1, 0.15) is 11.6 Å². The van der Waals surface area contributed by atoms with E-state index in [1.54, 1.807) is 6.92 Å². The highest BCUT2D eigenvalue weighted by atomic mass is 19.1. The summed E-state index contributed by atoms with van der Waals surface area (Å²) < 4.78 is 25.8. The normalized spacial score (nSPS) is 13.4. The molecule has 0 fully saturated rings. The molecule has 0 radical (unpaired) electrons. The van der Waals surface area contributed by atoms with E-state index in [1.165, 1.54) is 6.92 Å². The summed E-state index contributed by atoms with van der Waals surface area (Å²) in [7, 11) is 0. The minimum atomic E-state index is -1.09. The zero-order chi connectivity index (χ0) is 15.3. The van der Waals surface area contributed by atoms with Gasteiger partial charge < -0.3 is 15.7 Å². The van der Waals surface area contributed by atoms with Crippen LogP contribution in [0.4, 0.5) is 19.3 Å². The Kier molecular flexibility index (Phi) is 5.01. The molecule has 110 valence electrons. The van der Waals surface area contributed by atoms with Crippen LogP contribution in [0.2, 0.25) is 0 Å². The topological polar surface area (TPSA) is 78.4 Å². The molecular weight excluding hydrogens is 270 g/mol. The molecule has 1 aromatic carbocycles. The van der Waals surface area contributed by atoms with E-state index in [2.05, 4.69) is 10.6 Å². The van der Waals surface area contributed by atoms with Gasteiger partial charge in [-0.05, 0) is 25.5 Å². The van der Waals surface area contributed by atoms with Gasteiger partial charge in [0.2, 0.25) is 0 Å². The summed E-state index contributed by atoms with van der Waals surface area (Å²) in [6, 6.07) is 1.87. The van der Waals surface area contributed by atoms with Crippen molar-refractivity contribution in [3.63, 3.8) is 0 Å². The van der Waals surface area contributed by atoms with Gasteiger partial charge in [-0.15, -0.1) is 0 Å². The molecule has 1 aromatic rings. The number of carbonyl (C=O) groups excluding carboxylic acids is 1. The first-order valence-electron chi connectivity index (χ1n) is 6.01. The second-order valence-corrected chi connectivity index (χ2v) is 4.69. The summed E-state index contributed by atoms with van der Waals surface area (Å²) in [6.45, 7) is 3.09. The van der Waals surface area contributed by atoms with Crippen LogP contribution in [0.25, 0.3) is 0 Å². The van der Waals surface area contributed by atoms with Crippen LogP contribution >= 0.6 is 0 Å². The Hall–Kier alpha value is -2.18. The Morgan fingerprint density at radius 1 is 1.25 bits per heavy atom. The molecule has 0 aromatic heterocycles. The average Bonchev–Trinajstić information content (AvgIpc) is 2.34. The van der Waals surface area contributed by atoms with Crippen molar-refractivity contribution >= 4 is 17.7 Å². The minimum absolute atomic E-state index is 0.0477. The maximum Gasteiger partial charge on any atom is 0.319 e. The van der Waals surface area contributed by atoms with Crippen LogP contribution in [-0.4, -0.2) is 23.7 Å². The number of rotatable bonds is 5. The smallest absolute Gasteiger partial charge is 0.319 e. The lowest BCUT2D eigenvalue weighted by Gasteiger charge is -2.23. The molecule has 0 heterocycles. The van der Waals surface area contributed by atoms with Crippen molar-refractivity contribution in [1.29, 1.82) is 0 Å². The number of hydrogen-bond donors (Lipinski definition) is 3. The molecule has 0 aliphatic rings. The van der Waals surface area contributed by atoms with Crippen LogP contribution in [0.15, 0.2) is 18.2 Å². The van der Waals surface area contributed by atoms with Gasteiger partial charge in [-0.3, -0.25) is 4.79 Å². The number of carboxylic acids is 1. The van der Waals surface area contributed by atoms with E-state index in [9.17, 15) is 18.4 Å². The molecule has 2 amide bonds. The first-order chi connectivity index (χ1) is 9.26. The Bertz CT molecular complexity index is 502. The van der Waals surface area contributed by atoms with Gasteiger partial charge in [-0.2, -0.15) is 0 Å². The van der Waals surface area contributed by atoms with Gasteiger partial charge in [0, 0.05) is 18.3 Å². The molecule has 1 rings (SSSR count). The lowest BCUT2D eigenvalue weighted by molar-refractivity contribution is -0.147. The third kappa shape index (κ3) is 4.18. The number of benzene rings is 1. The maximum absolute atomic E-state index is 12.9. The van der Waals surface area contributed by atoms with E-state index >= 15 is 0 Å². The molecule has 0 spiro atoms. The zero-order valence-electron chi connectivity index (χ0n) is 11.2. The molecule has 0 aliphatic carbocycles. The van der Waals surface area contributed by atoms with Crippen LogP contribution in [0, 0.1) is 17.0 Å². The monoisotopic (exact) mass is 286 g/mol. The lowest BCUT2D eigenvalue weighted by Crippen LogP contribution is -2.42. The zero-order valence-corrected chi connectivity index (χ0v) is 11.2. The van der Waals surface area contributed by atoms with Gasteiger partial charge in [0.05, 0.1) is 5.41 Å². The summed E-state index contributed by atoms with van der Waals surface area (Å²) in [5.41, 5.74) is -1.14. The largest absolute Gasteiger partial charge is 0.481 e. The van der Waals surface area contributed by atoms with Crippen molar-refractivity contribution in [3.05, 3.63) is 29.8 Å². The molecule has 1 unspecified atom stereocenters. The number of aliphatic carboxylic acids is 1. The summed E-state index contributed by atoms with van der Waals surface area (Å²) in [5, 5.41) is 13.6. The third-order valence-electron chi connectivity index (χ3n) is 3.06.